The van der Waals surface area contributed by atoms with E-state index in [-0.39, 0.29) is 12.4 Å². The van der Waals surface area contributed by atoms with E-state index in [1.807, 2.05) is 0 Å². The van der Waals surface area contributed by atoms with E-state index >= 15 is 0 Å². The van der Waals surface area contributed by atoms with E-state index in [4.69, 9.17) is 9.26 Å². The van der Waals surface area contributed by atoms with Gasteiger partial charge in [0.1, 0.15) is 11.3 Å². The Morgan fingerprint density at radius 2 is 1.95 bits per heavy atom. The van der Waals surface area contributed by atoms with Crippen molar-refractivity contribution < 1.29 is 23.5 Å². The van der Waals surface area contributed by atoms with Gasteiger partial charge in [0.05, 0.1) is 6.61 Å². The van der Waals surface area contributed by atoms with Gasteiger partial charge in [-0.2, -0.15) is 5.09 Å². The molecule has 0 amide bonds. The lowest BCUT2D eigenvalue weighted by Crippen LogP contribution is -2.46. The molecule has 1 atom stereocenters. The summed E-state index contributed by atoms with van der Waals surface area (Å²) in [5.41, 5.74) is -1.32. The first-order chi connectivity index (χ1) is 8.77. The summed E-state index contributed by atoms with van der Waals surface area (Å²) < 4.78 is 21.7. The third-order valence-electron chi connectivity index (χ3n) is 2.18. The molecule has 1 rings (SSSR count). The maximum absolute atomic E-state index is 11.9. The largest absolute Gasteiger partial charge is 0.465 e. The molecule has 0 aliphatic heterocycles. The van der Waals surface area contributed by atoms with Crippen molar-refractivity contribution >= 4 is 13.7 Å². The Hall–Kier alpha value is -1.36. The summed E-state index contributed by atoms with van der Waals surface area (Å²) in [5.74, 6) is -0.388. The molecule has 19 heavy (non-hydrogen) atoms. The molecule has 0 fully saturated rings. The second-order valence-electron chi connectivity index (χ2n) is 4.38. The minimum absolute atomic E-state index is 0.194. The number of nitrogens with one attached hydrogen (secondary N) is 1. The van der Waals surface area contributed by atoms with Crippen LogP contribution in [0, 0.1) is 0 Å². The number of para-hydroxylation sites is 1. The number of esters is 1. The zero-order chi connectivity index (χ0) is 14.5. The molecule has 0 heterocycles. The third kappa shape index (κ3) is 5.03. The van der Waals surface area contributed by atoms with Crippen LogP contribution in [0.4, 0.5) is 0 Å². The molecule has 0 spiro atoms. The highest BCUT2D eigenvalue weighted by molar-refractivity contribution is 7.51. The summed E-state index contributed by atoms with van der Waals surface area (Å²) in [6, 6.07) is 8.19. The van der Waals surface area contributed by atoms with Gasteiger partial charge in [-0.1, -0.05) is 18.2 Å². The molecule has 0 aliphatic rings. The summed E-state index contributed by atoms with van der Waals surface area (Å²) in [6.45, 7) is 4.75. The summed E-state index contributed by atoms with van der Waals surface area (Å²) in [5, 5.41) is 2.28. The molecule has 0 aromatic heterocycles. The fourth-order valence-corrected chi connectivity index (χ4v) is 2.61. The molecule has 1 unspecified atom stereocenters. The minimum Gasteiger partial charge on any atom is -0.465 e. The molecular weight excluding hydrogens is 269 g/mol. The van der Waals surface area contributed by atoms with Gasteiger partial charge in [-0.05, 0) is 32.9 Å². The van der Waals surface area contributed by atoms with Crippen LogP contribution >= 0.6 is 7.75 Å². The number of carbonyl (C=O) groups excluding carboxylic acids is 1. The highest BCUT2D eigenvalue weighted by atomic mass is 31.2. The van der Waals surface area contributed by atoms with Crippen molar-refractivity contribution in [3.63, 3.8) is 0 Å². The SMILES string of the molecule is CCOC(=O)C(C)(C)NP(=O)(O)Oc1ccccc1. The predicted molar refractivity (Wildman–Crippen MR) is 70.7 cm³/mol. The lowest BCUT2D eigenvalue weighted by atomic mass is 10.1. The second-order valence-corrected chi connectivity index (χ2v) is 5.83. The topological polar surface area (TPSA) is 84.9 Å². The maximum Gasteiger partial charge on any atom is 0.457 e. The summed E-state index contributed by atoms with van der Waals surface area (Å²) in [6.07, 6.45) is 0. The molecule has 1 aromatic carbocycles. The Labute approximate surface area is 112 Å². The van der Waals surface area contributed by atoms with Gasteiger partial charge in [0, 0.05) is 0 Å². The maximum atomic E-state index is 11.9. The van der Waals surface area contributed by atoms with Crippen molar-refractivity contribution in [3.8, 4) is 5.75 Å². The van der Waals surface area contributed by atoms with Crippen LogP contribution in [0.15, 0.2) is 30.3 Å². The quantitative estimate of drug-likeness (QED) is 0.615. The van der Waals surface area contributed by atoms with Crippen molar-refractivity contribution in [3.05, 3.63) is 30.3 Å². The van der Waals surface area contributed by atoms with Gasteiger partial charge in [-0.3, -0.25) is 4.79 Å². The van der Waals surface area contributed by atoms with E-state index in [1.54, 1.807) is 37.3 Å². The Bertz CT molecular complexity index is 474. The van der Waals surface area contributed by atoms with E-state index in [2.05, 4.69) is 5.09 Å². The molecule has 106 valence electrons. The molecule has 1 aromatic rings. The standard InChI is InChI=1S/C12H18NO5P/c1-4-17-11(14)12(2,3)13-19(15,16)18-10-8-6-5-7-9-10/h5-9H,4H2,1-3H3,(H2,13,15,16). The first-order valence-corrected chi connectivity index (χ1v) is 7.39. The van der Waals surface area contributed by atoms with Crippen molar-refractivity contribution in [1.82, 2.24) is 5.09 Å². The number of rotatable bonds is 6. The van der Waals surface area contributed by atoms with Crippen LogP contribution in [0.25, 0.3) is 0 Å². The minimum atomic E-state index is -4.16. The highest BCUT2D eigenvalue weighted by Gasteiger charge is 2.37. The number of carbonyl (C=O) groups is 1. The van der Waals surface area contributed by atoms with E-state index in [9.17, 15) is 14.3 Å². The molecular formula is C12H18NO5P. The smallest absolute Gasteiger partial charge is 0.457 e. The van der Waals surface area contributed by atoms with E-state index in [1.165, 1.54) is 13.8 Å². The van der Waals surface area contributed by atoms with Crippen molar-refractivity contribution in [2.75, 3.05) is 6.61 Å². The van der Waals surface area contributed by atoms with Gasteiger partial charge in [-0.15, -0.1) is 0 Å². The molecule has 0 saturated carbocycles. The Balaban J connectivity index is 2.74. The van der Waals surface area contributed by atoms with Gasteiger partial charge >= 0.3 is 13.7 Å². The van der Waals surface area contributed by atoms with Crippen molar-refractivity contribution in [1.29, 1.82) is 0 Å². The van der Waals surface area contributed by atoms with E-state index < -0.39 is 19.3 Å². The summed E-state index contributed by atoms with van der Waals surface area (Å²) >= 11 is 0. The summed E-state index contributed by atoms with van der Waals surface area (Å²) in [4.78, 5) is 21.4. The Morgan fingerprint density at radius 1 is 1.37 bits per heavy atom. The fraction of sp³-hybridized carbons (Fsp3) is 0.417. The average molecular weight is 287 g/mol. The number of hydrogen-bond donors (Lipinski definition) is 2. The zero-order valence-electron chi connectivity index (χ0n) is 11.1. The number of hydrogen-bond acceptors (Lipinski definition) is 4. The van der Waals surface area contributed by atoms with Crippen LogP contribution in [0.3, 0.4) is 0 Å². The normalized spacial score (nSPS) is 14.5. The fourth-order valence-electron chi connectivity index (χ4n) is 1.36. The molecule has 6 nitrogen and oxygen atoms in total. The molecule has 7 heteroatoms. The van der Waals surface area contributed by atoms with Crippen LogP contribution < -0.4 is 9.61 Å². The highest BCUT2D eigenvalue weighted by Crippen LogP contribution is 2.40. The van der Waals surface area contributed by atoms with Gasteiger partial charge in [-0.25, -0.2) is 4.57 Å². The lowest BCUT2D eigenvalue weighted by molar-refractivity contribution is -0.149. The molecule has 0 radical (unpaired) electrons. The van der Waals surface area contributed by atoms with Crippen LogP contribution in [0.5, 0.6) is 5.75 Å². The summed E-state index contributed by atoms with van der Waals surface area (Å²) in [7, 11) is -4.16. The van der Waals surface area contributed by atoms with Crippen molar-refractivity contribution in [2.45, 2.75) is 26.3 Å². The monoisotopic (exact) mass is 287 g/mol. The van der Waals surface area contributed by atoms with Gasteiger partial charge in [0.2, 0.25) is 0 Å². The second kappa shape index (κ2) is 6.19. The van der Waals surface area contributed by atoms with Gasteiger partial charge < -0.3 is 14.2 Å². The van der Waals surface area contributed by atoms with Crippen molar-refractivity contribution in [2.24, 2.45) is 0 Å². The molecule has 2 N–H and O–H groups in total. The third-order valence-corrected chi connectivity index (χ3v) is 3.48. The molecule has 0 saturated heterocycles. The van der Waals surface area contributed by atoms with Gasteiger partial charge in [0.25, 0.3) is 0 Å². The predicted octanol–water partition coefficient (Wildman–Crippen LogP) is 2.10. The number of benzene rings is 1. The van der Waals surface area contributed by atoms with Gasteiger partial charge in [0.15, 0.2) is 0 Å². The number of ether oxygens (including phenoxy) is 1. The van der Waals surface area contributed by atoms with Crippen LogP contribution in [-0.2, 0) is 14.1 Å². The van der Waals surface area contributed by atoms with Crippen LogP contribution in [0.1, 0.15) is 20.8 Å². The Kier molecular flexibility index (Phi) is 5.11. The zero-order valence-corrected chi connectivity index (χ0v) is 12.0. The van der Waals surface area contributed by atoms with E-state index in [0.717, 1.165) is 0 Å². The Morgan fingerprint density at radius 3 is 2.47 bits per heavy atom. The van der Waals surface area contributed by atoms with Crippen LogP contribution in [-0.4, -0.2) is 23.0 Å². The average Bonchev–Trinajstić information content (AvgIpc) is 2.28. The lowest BCUT2D eigenvalue weighted by Gasteiger charge is -2.26. The molecule has 0 bridgehead atoms. The molecule has 0 aliphatic carbocycles. The first kappa shape index (κ1) is 15.7. The first-order valence-electron chi connectivity index (χ1n) is 5.81. The van der Waals surface area contributed by atoms with Crippen LogP contribution in [0.2, 0.25) is 0 Å². The van der Waals surface area contributed by atoms with E-state index in [0.29, 0.717) is 0 Å².